The van der Waals surface area contributed by atoms with Crippen molar-refractivity contribution in [1.29, 1.82) is 0 Å². The SMILES string of the molecule is CCCC#CC[N+]12CCC(CC1)[C@@H](OC(=O)C(O)(c1cccs1)c1cccs1)C2.O=C([O-])C(F)(F)F. The van der Waals surface area contributed by atoms with Gasteiger partial charge in [-0.05, 0) is 35.2 Å². The highest BCUT2D eigenvalue weighted by Gasteiger charge is 2.51. The monoisotopic (exact) mass is 543 g/mol. The molecule has 2 aromatic heterocycles. The zero-order valence-corrected chi connectivity index (χ0v) is 21.4. The number of carboxylic acid groups (broad SMARTS) is 1. The molecule has 6 nitrogen and oxygen atoms in total. The van der Waals surface area contributed by atoms with Gasteiger partial charge in [-0.1, -0.05) is 25.0 Å². The maximum absolute atomic E-state index is 13.3. The summed E-state index contributed by atoms with van der Waals surface area (Å²) in [6.45, 7) is 6.01. The summed E-state index contributed by atoms with van der Waals surface area (Å²) >= 11 is 2.76. The number of aliphatic carboxylic acids is 1. The third-order valence-corrected chi connectivity index (χ3v) is 8.45. The lowest BCUT2D eigenvalue weighted by molar-refractivity contribution is -0.939. The second-order valence-corrected chi connectivity index (χ2v) is 10.9. The van der Waals surface area contributed by atoms with Crippen LogP contribution in [0.2, 0.25) is 0 Å². The molecule has 3 saturated heterocycles. The first-order valence-corrected chi connectivity index (χ1v) is 13.4. The van der Waals surface area contributed by atoms with Crippen LogP contribution in [0.4, 0.5) is 13.2 Å². The number of carbonyl (C=O) groups excluding carboxylic acids is 2. The zero-order chi connectivity index (χ0) is 26.4. The molecule has 11 heteroatoms. The summed E-state index contributed by atoms with van der Waals surface area (Å²) in [5, 5.41) is 24.0. The number of carbonyl (C=O) groups is 2. The van der Waals surface area contributed by atoms with Crippen LogP contribution in [0.15, 0.2) is 35.0 Å². The molecule has 0 saturated carbocycles. The maximum atomic E-state index is 13.3. The van der Waals surface area contributed by atoms with E-state index in [1.165, 1.54) is 22.7 Å². The van der Waals surface area contributed by atoms with E-state index in [0.717, 1.165) is 56.3 Å². The highest BCUT2D eigenvalue weighted by atomic mass is 32.1. The fraction of sp³-hybridized carbons (Fsp3) is 0.520. The molecule has 1 N–H and O–H groups in total. The van der Waals surface area contributed by atoms with Crippen molar-refractivity contribution < 1.29 is 42.2 Å². The molecule has 0 unspecified atom stereocenters. The minimum Gasteiger partial charge on any atom is -0.542 e. The molecular formula is C25H28F3NO5S2. The predicted molar refractivity (Wildman–Crippen MR) is 128 cm³/mol. The number of fused-ring (bicyclic) bond motifs is 3. The summed E-state index contributed by atoms with van der Waals surface area (Å²) in [6.07, 6.45) is -1.20. The van der Waals surface area contributed by atoms with Crippen LogP contribution in [-0.2, 0) is 19.9 Å². The number of esters is 1. The Balaban J connectivity index is 0.000000454. The van der Waals surface area contributed by atoms with Gasteiger partial charge in [-0.15, -0.1) is 22.7 Å². The first-order chi connectivity index (χ1) is 17.0. The number of unbranched alkanes of at least 4 members (excludes halogenated alkanes) is 1. The van der Waals surface area contributed by atoms with Crippen molar-refractivity contribution in [1.82, 2.24) is 0 Å². The topological polar surface area (TPSA) is 86.7 Å². The predicted octanol–water partition coefficient (Wildman–Crippen LogP) is 3.30. The highest BCUT2D eigenvalue weighted by Crippen LogP contribution is 2.40. The van der Waals surface area contributed by atoms with E-state index >= 15 is 0 Å². The number of hydrogen-bond donors (Lipinski definition) is 1. The Morgan fingerprint density at radius 1 is 1.14 bits per heavy atom. The molecule has 3 aliphatic rings. The lowest BCUT2D eigenvalue weighted by Gasteiger charge is -2.51. The molecule has 3 fully saturated rings. The Hall–Kier alpha value is -2.39. The van der Waals surface area contributed by atoms with Crippen molar-refractivity contribution in [2.75, 3.05) is 26.2 Å². The highest BCUT2D eigenvalue weighted by molar-refractivity contribution is 7.12. The van der Waals surface area contributed by atoms with Crippen LogP contribution in [0.3, 0.4) is 0 Å². The van der Waals surface area contributed by atoms with Crippen molar-refractivity contribution in [2.45, 2.75) is 50.5 Å². The van der Waals surface area contributed by atoms with Crippen LogP contribution in [0.25, 0.3) is 0 Å². The van der Waals surface area contributed by atoms with Gasteiger partial charge in [0.15, 0.2) is 6.10 Å². The molecule has 2 bridgehead atoms. The molecule has 196 valence electrons. The number of nitrogens with zero attached hydrogens (tertiary/aromatic N) is 1. The number of aliphatic hydroxyl groups is 1. The Morgan fingerprint density at radius 3 is 2.14 bits per heavy atom. The Morgan fingerprint density at radius 2 is 1.69 bits per heavy atom. The van der Waals surface area contributed by atoms with E-state index in [4.69, 9.17) is 14.6 Å². The van der Waals surface area contributed by atoms with Gasteiger partial charge in [0.05, 0.1) is 22.8 Å². The molecule has 0 aromatic carbocycles. The second-order valence-electron chi connectivity index (χ2n) is 8.96. The van der Waals surface area contributed by atoms with Crippen molar-refractivity contribution in [3.05, 3.63) is 44.8 Å². The summed E-state index contributed by atoms with van der Waals surface area (Å²) < 4.78 is 38.5. The fourth-order valence-electron chi connectivity index (χ4n) is 4.53. The van der Waals surface area contributed by atoms with E-state index in [-0.39, 0.29) is 6.10 Å². The average Bonchev–Trinajstić information content (AvgIpc) is 3.57. The quantitative estimate of drug-likeness (QED) is 0.343. The Kier molecular flexibility index (Phi) is 9.22. The minimum absolute atomic E-state index is 0.149. The van der Waals surface area contributed by atoms with Crippen molar-refractivity contribution in [2.24, 2.45) is 5.92 Å². The molecule has 2 aromatic rings. The van der Waals surface area contributed by atoms with Crippen LogP contribution in [-0.4, -0.2) is 60.0 Å². The van der Waals surface area contributed by atoms with E-state index in [1.807, 2.05) is 22.9 Å². The smallest absolute Gasteiger partial charge is 0.430 e. The van der Waals surface area contributed by atoms with E-state index in [2.05, 4.69) is 18.8 Å². The minimum atomic E-state index is -5.19. The molecular weight excluding hydrogens is 515 g/mol. The zero-order valence-electron chi connectivity index (χ0n) is 19.8. The maximum Gasteiger partial charge on any atom is 0.430 e. The summed E-state index contributed by atoms with van der Waals surface area (Å²) in [5.41, 5.74) is -1.72. The van der Waals surface area contributed by atoms with Gasteiger partial charge in [0.2, 0.25) is 5.60 Å². The van der Waals surface area contributed by atoms with Gasteiger partial charge in [-0.25, -0.2) is 4.79 Å². The summed E-state index contributed by atoms with van der Waals surface area (Å²) in [7, 11) is 0. The largest absolute Gasteiger partial charge is 0.542 e. The van der Waals surface area contributed by atoms with Gasteiger partial charge in [0.1, 0.15) is 19.1 Å². The van der Waals surface area contributed by atoms with Gasteiger partial charge in [-0.2, -0.15) is 13.2 Å². The van der Waals surface area contributed by atoms with Gasteiger partial charge in [0, 0.05) is 25.2 Å². The number of halogens is 3. The average molecular weight is 544 g/mol. The van der Waals surface area contributed by atoms with Gasteiger partial charge < -0.3 is 24.2 Å². The first-order valence-electron chi connectivity index (χ1n) is 11.6. The Bertz CT molecular complexity index is 1030. The van der Waals surface area contributed by atoms with Gasteiger partial charge in [0.25, 0.3) is 0 Å². The van der Waals surface area contributed by atoms with Crippen molar-refractivity contribution >= 4 is 34.6 Å². The molecule has 5 heterocycles. The van der Waals surface area contributed by atoms with E-state index < -0.39 is 23.7 Å². The van der Waals surface area contributed by atoms with Crippen LogP contribution < -0.4 is 5.11 Å². The number of piperidine rings is 3. The standard InChI is InChI=1S/C23H28NO3S2.C2HF3O2/c1-2-3-4-5-12-24-13-10-18(11-14-24)19(17-24)27-22(25)23(26,20-8-6-15-28-20)21-9-7-16-29-21;3-2(4,5)1(6)7/h6-9,15-16,18-19,26H,2-3,10-14,17H2,1H3;(H,6,7)/q+1;/p-1/t18?,19-,24?;/m0./s1. The van der Waals surface area contributed by atoms with E-state index in [0.29, 0.717) is 15.7 Å². The number of ether oxygens (including phenoxy) is 1. The van der Waals surface area contributed by atoms with E-state index in [1.54, 1.807) is 12.1 Å². The number of carboxylic acids is 1. The third kappa shape index (κ3) is 6.48. The van der Waals surface area contributed by atoms with E-state index in [9.17, 15) is 23.1 Å². The Labute approximate surface area is 215 Å². The molecule has 5 rings (SSSR count). The number of quaternary nitrogens is 1. The van der Waals surface area contributed by atoms with Gasteiger partial charge >= 0.3 is 12.1 Å². The molecule has 1 atom stereocenters. The van der Waals surface area contributed by atoms with Crippen LogP contribution in [0.5, 0.6) is 0 Å². The van der Waals surface area contributed by atoms with Crippen LogP contribution in [0.1, 0.15) is 42.4 Å². The van der Waals surface area contributed by atoms with Crippen LogP contribution >= 0.6 is 22.7 Å². The summed E-state index contributed by atoms with van der Waals surface area (Å²) in [4.78, 5) is 23.3. The molecule has 0 radical (unpaired) electrons. The van der Waals surface area contributed by atoms with Crippen molar-refractivity contribution in [3.63, 3.8) is 0 Å². The third-order valence-electron chi connectivity index (χ3n) is 6.50. The summed E-state index contributed by atoms with van der Waals surface area (Å²) in [5.74, 6) is 3.46. The molecule has 3 aliphatic heterocycles. The fourth-order valence-corrected chi connectivity index (χ4v) is 6.24. The first kappa shape index (κ1) is 28.2. The van der Waals surface area contributed by atoms with Crippen LogP contribution in [0, 0.1) is 17.8 Å². The number of rotatable bonds is 6. The van der Waals surface area contributed by atoms with Crippen molar-refractivity contribution in [3.8, 4) is 11.8 Å². The lowest BCUT2D eigenvalue weighted by atomic mass is 9.83. The molecule has 0 amide bonds. The van der Waals surface area contributed by atoms with Gasteiger partial charge in [-0.3, -0.25) is 0 Å². The normalized spacial score (nSPS) is 23.1. The molecule has 0 spiro atoms. The molecule has 36 heavy (non-hydrogen) atoms. The number of thiophene rings is 2. The summed E-state index contributed by atoms with van der Waals surface area (Å²) in [6, 6.07) is 7.32. The number of alkyl halides is 3. The molecule has 0 aliphatic carbocycles. The second kappa shape index (κ2) is 11.8. The lowest BCUT2D eigenvalue weighted by Crippen LogP contribution is -2.64. The number of hydrogen-bond acceptors (Lipinski definition) is 7.